The van der Waals surface area contributed by atoms with Crippen molar-refractivity contribution in [3.05, 3.63) is 64.6 Å². The van der Waals surface area contributed by atoms with Crippen LogP contribution in [0.25, 0.3) is 10.9 Å². The molecule has 0 bridgehead atoms. The maximum Gasteiger partial charge on any atom is 0.123 e. The zero-order valence-electron chi connectivity index (χ0n) is 16.0. The van der Waals surface area contributed by atoms with E-state index in [1.165, 1.54) is 0 Å². The van der Waals surface area contributed by atoms with Crippen LogP contribution >= 0.6 is 11.6 Å². The summed E-state index contributed by atoms with van der Waals surface area (Å²) >= 11 is 6.33. The van der Waals surface area contributed by atoms with Crippen LogP contribution in [0, 0.1) is 5.82 Å². The Morgan fingerprint density at radius 1 is 1.21 bits per heavy atom. The predicted molar refractivity (Wildman–Crippen MR) is 110 cm³/mol. The Bertz CT molecular complexity index is 935. The summed E-state index contributed by atoms with van der Waals surface area (Å²) in [5.41, 5.74) is 3.03. The molecule has 148 valence electrons. The highest BCUT2D eigenvalue weighted by atomic mass is 35.5. The Morgan fingerprint density at radius 3 is 2.68 bits per heavy atom. The average molecular weight is 402 g/mol. The molecule has 1 aliphatic rings. The van der Waals surface area contributed by atoms with Crippen molar-refractivity contribution >= 4 is 22.5 Å². The summed E-state index contributed by atoms with van der Waals surface area (Å²) in [5, 5.41) is 12.3. The molecule has 0 aliphatic carbocycles. The van der Waals surface area contributed by atoms with E-state index in [1.54, 1.807) is 18.3 Å². The first-order valence-electron chi connectivity index (χ1n) is 9.82. The number of H-pyrrole nitrogens is 1. The molecular formula is C22H25ClFN3O. The number of rotatable bonds is 6. The molecule has 28 heavy (non-hydrogen) atoms. The van der Waals surface area contributed by atoms with E-state index in [-0.39, 0.29) is 17.3 Å². The molecule has 2 heterocycles. The van der Waals surface area contributed by atoms with Gasteiger partial charge in [0.05, 0.1) is 24.4 Å². The molecule has 0 saturated carbocycles. The van der Waals surface area contributed by atoms with Crippen LogP contribution < -0.4 is 5.32 Å². The minimum Gasteiger partial charge on any atom is -0.373 e. The van der Waals surface area contributed by atoms with Gasteiger partial charge < -0.3 is 10.1 Å². The fraction of sp³-hybridized carbons (Fsp3) is 0.409. The Kier molecular flexibility index (Phi) is 5.67. The number of nitrogens with one attached hydrogen (secondary N) is 2. The summed E-state index contributed by atoms with van der Waals surface area (Å²) in [6.45, 7) is 4.56. The van der Waals surface area contributed by atoms with Gasteiger partial charge in [0.1, 0.15) is 5.82 Å². The van der Waals surface area contributed by atoms with E-state index in [2.05, 4.69) is 22.4 Å². The average Bonchev–Trinajstić information content (AvgIpc) is 3.18. The molecule has 0 amide bonds. The first-order valence-corrected chi connectivity index (χ1v) is 10.2. The summed E-state index contributed by atoms with van der Waals surface area (Å²) in [5.74, 6) is -0.208. The van der Waals surface area contributed by atoms with Crippen molar-refractivity contribution in [2.24, 2.45) is 0 Å². The van der Waals surface area contributed by atoms with Crippen LogP contribution in [0.2, 0.25) is 5.02 Å². The zero-order chi connectivity index (χ0) is 19.6. The van der Waals surface area contributed by atoms with Crippen LogP contribution in [0.5, 0.6) is 0 Å². The van der Waals surface area contributed by atoms with Crippen molar-refractivity contribution in [2.45, 2.75) is 37.7 Å². The number of hydrogen-bond acceptors (Lipinski definition) is 3. The number of aromatic nitrogens is 2. The van der Waals surface area contributed by atoms with E-state index in [0.29, 0.717) is 11.6 Å². The fourth-order valence-electron chi connectivity index (χ4n) is 4.21. The number of ether oxygens (including phenoxy) is 1. The highest BCUT2D eigenvalue weighted by Gasteiger charge is 2.35. The fourth-order valence-corrected chi connectivity index (χ4v) is 4.45. The van der Waals surface area contributed by atoms with Gasteiger partial charge in [-0.05, 0) is 62.2 Å². The Labute approximate surface area is 169 Å². The van der Waals surface area contributed by atoms with Crippen LogP contribution in [-0.2, 0) is 10.2 Å². The summed E-state index contributed by atoms with van der Waals surface area (Å²) in [6, 6.07) is 10.8. The molecule has 1 saturated heterocycles. The second-order valence-corrected chi connectivity index (χ2v) is 8.01. The highest BCUT2D eigenvalue weighted by Crippen LogP contribution is 2.37. The lowest BCUT2D eigenvalue weighted by Gasteiger charge is -2.39. The van der Waals surface area contributed by atoms with Crippen LogP contribution in [0.1, 0.15) is 43.4 Å². The molecule has 0 spiro atoms. The third-order valence-electron chi connectivity index (χ3n) is 5.84. The standard InChI is InChI=1S/C22H25ClFN3O/c1-2-20(19-12-17(23)11-15-13-26-27-21(15)19)28-14-22(7-9-25-10-8-22)16-3-5-18(24)6-4-16/h3-6,11-13,20,25H,2,7-10,14H2,1H3,(H,26,27). The molecule has 1 aliphatic heterocycles. The zero-order valence-corrected chi connectivity index (χ0v) is 16.7. The van der Waals surface area contributed by atoms with Crippen LogP contribution in [0.4, 0.5) is 4.39 Å². The molecular weight excluding hydrogens is 377 g/mol. The molecule has 1 atom stereocenters. The minimum atomic E-state index is -0.208. The largest absolute Gasteiger partial charge is 0.373 e. The lowest BCUT2D eigenvalue weighted by Crippen LogP contribution is -2.43. The maximum atomic E-state index is 13.5. The molecule has 4 nitrogen and oxygen atoms in total. The quantitative estimate of drug-likeness (QED) is 0.601. The molecule has 6 heteroatoms. The Balaban J connectivity index is 1.62. The van der Waals surface area contributed by atoms with Gasteiger partial charge in [-0.2, -0.15) is 5.10 Å². The van der Waals surface area contributed by atoms with E-state index >= 15 is 0 Å². The van der Waals surface area contributed by atoms with Crippen molar-refractivity contribution in [3.8, 4) is 0 Å². The Hall–Kier alpha value is -1.95. The van der Waals surface area contributed by atoms with Crippen molar-refractivity contribution < 1.29 is 9.13 Å². The monoisotopic (exact) mass is 401 g/mol. The van der Waals surface area contributed by atoms with E-state index < -0.39 is 0 Å². The number of hydrogen-bond donors (Lipinski definition) is 2. The Morgan fingerprint density at radius 2 is 1.96 bits per heavy atom. The van der Waals surface area contributed by atoms with Gasteiger partial charge >= 0.3 is 0 Å². The van der Waals surface area contributed by atoms with Crippen molar-refractivity contribution in [1.82, 2.24) is 15.5 Å². The number of nitrogens with zero attached hydrogens (tertiary/aromatic N) is 1. The second-order valence-electron chi connectivity index (χ2n) is 7.57. The number of piperidine rings is 1. The van der Waals surface area contributed by atoms with Gasteiger partial charge in [-0.3, -0.25) is 5.10 Å². The number of benzene rings is 2. The van der Waals surface area contributed by atoms with E-state index in [4.69, 9.17) is 16.3 Å². The van der Waals surface area contributed by atoms with Gasteiger partial charge in [0.2, 0.25) is 0 Å². The second kappa shape index (κ2) is 8.19. The molecule has 4 rings (SSSR count). The smallest absolute Gasteiger partial charge is 0.123 e. The van der Waals surface area contributed by atoms with E-state index in [1.807, 2.05) is 24.3 Å². The van der Waals surface area contributed by atoms with E-state index in [9.17, 15) is 4.39 Å². The molecule has 1 fully saturated rings. The van der Waals surface area contributed by atoms with Crippen molar-refractivity contribution in [1.29, 1.82) is 0 Å². The van der Waals surface area contributed by atoms with Crippen molar-refractivity contribution in [3.63, 3.8) is 0 Å². The summed E-state index contributed by atoms with van der Waals surface area (Å²) in [7, 11) is 0. The number of aromatic amines is 1. The van der Waals surface area contributed by atoms with Crippen LogP contribution in [-0.4, -0.2) is 29.9 Å². The minimum absolute atomic E-state index is 0.0890. The van der Waals surface area contributed by atoms with Gasteiger partial charge in [0.15, 0.2) is 0 Å². The van der Waals surface area contributed by atoms with E-state index in [0.717, 1.165) is 54.4 Å². The van der Waals surface area contributed by atoms with Crippen LogP contribution in [0.3, 0.4) is 0 Å². The SMILES string of the molecule is CCC(OCC1(c2ccc(F)cc2)CCNCC1)c1cc(Cl)cc2cn[nH]c12. The molecule has 1 unspecified atom stereocenters. The molecule has 0 radical (unpaired) electrons. The summed E-state index contributed by atoms with van der Waals surface area (Å²) in [6.07, 6.45) is 4.44. The van der Waals surface area contributed by atoms with Crippen molar-refractivity contribution in [2.75, 3.05) is 19.7 Å². The predicted octanol–water partition coefficient (Wildman–Crippen LogP) is 5.14. The molecule has 3 aromatic rings. The van der Waals surface area contributed by atoms with Gasteiger partial charge in [0, 0.05) is 21.4 Å². The van der Waals surface area contributed by atoms with Gasteiger partial charge in [-0.1, -0.05) is 30.7 Å². The molecule has 2 aromatic carbocycles. The molecule has 1 aromatic heterocycles. The van der Waals surface area contributed by atoms with Gasteiger partial charge in [-0.25, -0.2) is 4.39 Å². The third kappa shape index (κ3) is 3.79. The summed E-state index contributed by atoms with van der Waals surface area (Å²) in [4.78, 5) is 0. The summed E-state index contributed by atoms with van der Waals surface area (Å²) < 4.78 is 20.0. The third-order valence-corrected chi connectivity index (χ3v) is 6.06. The highest BCUT2D eigenvalue weighted by molar-refractivity contribution is 6.31. The molecule has 2 N–H and O–H groups in total. The van der Waals surface area contributed by atoms with Gasteiger partial charge in [0.25, 0.3) is 0 Å². The lowest BCUT2D eigenvalue weighted by atomic mass is 9.74. The first-order chi connectivity index (χ1) is 13.6. The maximum absolute atomic E-state index is 13.5. The number of fused-ring (bicyclic) bond motifs is 1. The number of halogens is 2. The normalized spacial score (nSPS) is 17.7. The topological polar surface area (TPSA) is 49.9 Å². The first kappa shape index (κ1) is 19.4. The van der Waals surface area contributed by atoms with Gasteiger partial charge in [-0.15, -0.1) is 0 Å². The lowest BCUT2D eigenvalue weighted by molar-refractivity contribution is 0.00565. The van der Waals surface area contributed by atoms with Crippen LogP contribution in [0.15, 0.2) is 42.6 Å².